The van der Waals surface area contributed by atoms with Crippen LogP contribution in [0, 0.1) is 22.7 Å². The van der Waals surface area contributed by atoms with E-state index in [1.807, 2.05) is 45.0 Å². The van der Waals surface area contributed by atoms with Crippen molar-refractivity contribution in [1.82, 2.24) is 25.3 Å². The van der Waals surface area contributed by atoms with E-state index in [4.69, 9.17) is 23.5 Å². The molecule has 1 aromatic rings. The molecule has 0 unspecified atom stereocenters. The Bertz CT molecular complexity index is 1610. The smallest absolute Gasteiger partial charge is 0.448 e. The number of likely N-dealkylation sites (tertiary alicyclic amines) is 1. The molecule has 0 radical (unpaired) electrons. The third-order valence-electron chi connectivity index (χ3n) is 13.6. The second kappa shape index (κ2) is 16.1. The van der Waals surface area contributed by atoms with Crippen molar-refractivity contribution >= 4 is 31.1 Å². The Balaban J connectivity index is 1.06. The number of nitrogens with one attached hydrogen (secondary N) is 2. The van der Waals surface area contributed by atoms with Crippen LogP contribution in [-0.4, -0.2) is 128 Å². The molecule has 6 fully saturated rings. The quantitative estimate of drug-likeness (QED) is 0.315. The summed E-state index contributed by atoms with van der Waals surface area (Å²) in [6.07, 6.45) is 1.56. The molecule has 4 aliphatic heterocycles. The highest BCUT2D eigenvalue weighted by atomic mass is 16.7. The van der Waals surface area contributed by atoms with E-state index in [-0.39, 0.29) is 37.0 Å². The monoisotopic (exact) mass is 779 g/mol. The number of ether oxygens (including phenoxy) is 3. The van der Waals surface area contributed by atoms with Crippen molar-refractivity contribution in [2.75, 3.05) is 46.0 Å². The van der Waals surface area contributed by atoms with E-state index < -0.39 is 60.4 Å². The normalized spacial score (nSPS) is 30.5. The van der Waals surface area contributed by atoms with Crippen LogP contribution in [0.25, 0.3) is 0 Å². The molecule has 308 valence electrons. The van der Waals surface area contributed by atoms with E-state index in [9.17, 15) is 19.2 Å². The topological polar surface area (TPSA) is 148 Å². The number of carbonyl (C=O) groups excluding carboxylic acids is 4. The van der Waals surface area contributed by atoms with Gasteiger partial charge in [-0.3, -0.25) is 19.4 Å². The molecule has 0 aromatic heterocycles. The zero-order valence-electron chi connectivity index (χ0n) is 34.3. The number of carbonyl (C=O) groups is 4. The number of morpholine rings is 1. The van der Waals surface area contributed by atoms with Crippen LogP contribution in [0.4, 0.5) is 9.59 Å². The largest absolute Gasteiger partial charge is 0.481 e. The van der Waals surface area contributed by atoms with Crippen molar-refractivity contribution in [3.05, 3.63) is 35.4 Å². The fourth-order valence-electron chi connectivity index (χ4n) is 10.1. The predicted octanol–water partition coefficient (Wildman–Crippen LogP) is 4.13. The minimum Gasteiger partial charge on any atom is -0.448 e. The number of amides is 4. The first kappa shape index (κ1) is 40.8. The van der Waals surface area contributed by atoms with Gasteiger partial charge in [0.25, 0.3) is 0 Å². The molecule has 2 N–H and O–H groups in total. The lowest BCUT2D eigenvalue weighted by atomic mass is 9.43. The SMILES string of the molecule is CCC[C@H](NC(=O)[C@@H]1C[C@@H](OC(=O)N2Cc3ccccc3C2)CN1C(=O)[C@@H](NC(=O)OCCN1CCOCC1)C(C)(C)C)B1O[C@@H]2C[C@@H]3C[C@@H](C3(C)C)[C@]2(C)O1. The second-order valence-corrected chi connectivity index (χ2v) is 18.6. The molecule has 1 aromatic carbocycles. The van der Waals surface area contributed by atoms with Crippen LogP contribution in [0.2, 0.25) is 0 Å². The van der Waals surface area contributed by atoms with E-state index in [2.05, 4.69) is 43.2 Å². The summed E-state index contributed by atoms with van der Waals surface area (Å²) in [5.41, 5.74) is 1.12. The summed E-state index contributed by atoms with van der Waals surface area (Å²) in [4.78, 5) is 61.1. The van der Waals surface area contributed by atoms with E-state index in [1.54, 1.807) is 4.90 Å². The van der Waals surface area contributed by atoms with Gasteiger partial charge in [0.05, 0.1) is 37.4 Å². The van der Waals surface area contributed by atoms with Crippen LogP contribution < -0.4 is 10.6 Å². The van der Waals surface area contributed by atoms with Crippen molar-refractivity contribution in [3.63, 3.8) is 0 Å². The molecule has 56 heavy (non-hydrogen) atoms. The standard InChI is InChI=1S/C41H62BN5O9/c1-8-11-33(42-55-32-21-28-20-31(40(28,5)6)41(32,7)56-42)43-35(48)30-22-29(54-38(51)46-23-26-12-9-10-13-27(26)24-46)25-47(30)36(49)34(39(2,3)4)44-37(50)53-19-16-45-14-17-52-18-15-45/h9-10,12-13,28-34H,8,11,14-25H2,1-7H3,(H,43,48)(H,44,50)/t28-,29+,30-,31-,32+,33-,34+,41-/m0/s1. The molecule has 3 saturated carbocycles. The average Bonchev–Trinajstić information content (AvgIpc) is 3.88. The maximum atomic E-state index is 14.6. The summed E-state index contributed by atoms with van der Waals surface area (Å²) in [6.45, 7) is 18.8. The number of fused-ring (bicyclic) bond motifs is 1. The van der Waals surface area contributed by atoms with Crippen LogP contribution >= 0.6 is 0 Å². The van der Waals surface area contributed by atoms with Gasteiger partial charge in [-0.2, -0.15) is 0 Å². The number of nitrogens with zero attached hydrogens (tertiary/aromatic N) is 3. The fourth-order valence-corrected chi connectivity index (χ4v) is 10.1. The lowest BCUT2D eigenvalue weighted by molar-refractivity contribution is -0.199. The first-order valence-electron chi connectivity index (χ1n) is 20.8. The van der Waals surface area contributed by atoms with Gasteiger partial charge in [-0.15, -0.1) is 0 Å². The van der Waals surface area contributed by atoms with Gasteiger partial charge >= 0.3 is 19.3 Å². The summed E-state index contributed by atoms with van der Waals surface area (Å²) >= 11 is 0. The van der Waals surface area contributed by atoms with E-state index in [0.717, 1.165) is 43.5 Å². The van der Waals surface area contributed by atoms with Crippen molar-refractivity contribution in [2.24, 2.45) is 22.7 Å². The lowest BCUT2D eigenvalue weighted by Gasteiger charge is -2.64. The zero-order chi connectivity index (χ0) is 40.0. The summed E-state index contributed by atoms with van der Waals surface area (Å²) in [5, 5.41) is 6.03. The van der Waals surface area contributed by atoms with Crippen LogP contribution in [0.15, 0.2) is 24.3 Å². The van der Waals surface area contributed by atoms with Gasteiger partial charge in [-0.1, -0.05) is 72.2 Å². The first-order chi connectivity index (χ1) is 26.6. The Morgan fingerprint density at radius 3 is 2.34 bits per heavy atom. The van der Waals surface area contributed by atoms with Crippen LogP contribution in [0.1, 0.15) is 91.7 Å². The third kappa shape index (κ3) is 8.15. The maximum Gasteiger partial charge on any atom is 0.481 e. The lowest BCUT2D eigenvalue weighted by Crippen LogP contribution is -2.65. The molecule has 15 heteroatoms. The molecular weight excluding hydrogens is 717 g/mol. The van der Waals surface area contributed by atoms with Crippen LogP contribution in [0.3, 0.4) is 0 Å². The number of alkyl carbamates (subject to hydrolysis) is 1. The van der Waals surface area contributed by atoms with Gasteiger partial charge in [-0.05, 0) is 60.0 Å². The molecule has 8 rings (SSSR count). The first-order valence-corrected chi connectivity index (χ1v) is 20.8. The predicted molar refractivity (Wildman–Crippen MR) is 208 cm³/mol. The third-order valence-corrected chi connectivity index (χ3v) is 13.6. The molecule has 8 atom stereocenters. The minimum absolute atomic E-state index is 0.00302. The summed E-state index contributed by atoms with van der Waals surface area (Å²) in [6, 6.07) is 5.89. The van der Waals surface area contributed by atoms with Gasteiger partial charge in [0.2, 0.25) is 11.8 Å². The van der Waals surface area contributed by atoms with Crippen molar-refractivity contribution < 1.29 is 42.7 Å². The minimum atomic E-state index is -1.03. The maximum absolute atomic E-state index is 14.6. The molecular formula is C41H62BN5O9. The van der Waals surface area contributed by atoms with E-state index in [0.29, 0.717) is 51.1 Å². The van der Waals surface area contributed by atoms with Gasteiger partial charge in [0.1, 0.15) is 24.8 Å². The summed E-state index contributed by atoms with van der Waals surface area (Å²) < 4.78 is 30.4. The Kier molecular flexibility index (Phi) is 11.7. The van der Waals surface area contributed by atoms with Crippen molar-refractivity contribution in [2.45, 2.75) is 129 Å². The fraction of sp³-hybridized carbons (Fsp3) is 0.756. The Labute approximate surface area is 332 Å². The average molecular weight is 780 g/mol. The second-order valence-electron chi connectivity index (χ2n) is 18.6. The molecule has 4 heterocycles. The van der Waals surface area contributed by atoms with E-state index in [1.165, 1.54) is 4.90 Å². The van der Waals surface area contributed by atoms with Crippen molar-refractivity contribution in [1.29, 1.82) is 0 Å². The number of hydrogen-bond acceptors (Lipinski definition) is 10. The van der Waals surface area contributed by atoms with Crippen LogP contribution in [-0.2, 0) is 46.2 Å². The summed E-state index contributed by atoms with van der Waals surface area (Å²) in [7, 11) is -0.628. The molecule has 14 nitrogen and oxygen atoms in total. The molecule has 3 saturated heterocycles. The Hall–Kier alpha value is -3.40. The highest BCUT2D eigenvalue weighted by molar-refractivity contribution is 6.48. The van der Waals surface area contributed by atoms with Gasteiger partial charge in [0, 0.05) is 39.1 Å². The van der Waals surface area contributed by atoms with Gasteiger partial charge < -0.3 is 39.1 Å². The van der Waals surface area contributed by atoms with Crippen LogP contribution in [0.5, 0.6) is 0 Å². The molecule has 7 aliphatic rings. The molecule has 4 amide bonds. The van der Waals surface area contributed by atoms with Gasteiger partial charge in [0.15, 0.2) is 0 Å². The Morgan fingerprint density at radius 1 is 1.00 bits per heavy atom. The summed E-state index contributed by atoms with van der Waals surface area (Å²) in [5.74, 6) is -0.311. The highest BCUT2D eigenvalue weighted by Crippen LogP contribution is 2.65. The van der Waals surface area contributed by atoms with Gasteiger partial charge in [-0.25, -0.2) is 9.59 Å². The number of rotatable bonds is 11. The van der Waals surface area contributed by atoms with E-state index >= 15 is 0 Å². The molecule has 3 aliphatic carbocycles. The number of benzene rings is 1. The molecule has 2 bridgehead atoms. The molecule has 0 spiro atoms. The highest BCUT2D eigenvalue weighted by Gasteiger charge is 2.68. The Morgan fingerprint density at radius 2 is 1.70 bits per heavy atom. The zero-order valence-corrected chi connectivity index (χ0v) is 34.3. The van der Waals surface area contributed by atoms with Crippen molar-refractivity contribution in [3.8, 4) is 0 Å². The number of hydrogen-bond donors (Lipinski definition) is 2.